The second-order valence-electron chi connectivity index (χ2n) is 6.27. The molecule has 5 heteroatoms. The quantitative estimate of drug-likeness (QED) is 0.769. The lowest BCUT2D eigenvalue weighted by Crippen LogP contribution is -2.44. The number of amides is 1. The van der Waals surface area contributed by atoms with Gasteiger partial charge in [0, 0.05) is 24.4 Å². The van der Waals surface area contributed by atoms with E-state index in [0.29, 0.717) is 0 Å². The van der Waals surface area contributed by atoms with Crippen LogP contribution in [-0.2, 0) is 4.79 Å². The molecular weight excluding hydrogens is 302 g/mol. The zero-order chi connectivity index (χ0) is 17.6. The van der Waals surface area contributed by atoms with Crippen LogP contribution in [0.15, 0.2) is 48.8 Å². The molecule has 0 aliphatic heterocycles. The van der Waals surface area contributed by atoms with Crippen molar-refractivity contribution in [2.45, 2.75) is 32.8 Å². The standard InChI is InChI=1S/C19H25N3O2/c1-4-15(2)19(3,24)14-20-18(23)11-10-16-12-21-22(13-16)17-8-6-5-7-9-17/h5-13,15,24H,4,14H2,1-3H3,(H,20,23). The van der Waals surface area contributed by atoms with Crippen LogP contribution in [0, 0.1) is 5.92 Å². The Kier molecular flexibility index (Phi) is 5.93. The molecule has 128 valence electrons. The number of aromatic nitrogens is 2. The van der Waals surface area contributed by atoms with Crippen LogP contribution in [0.3, 0.4) is 0 Å². The lowest BCUT2D eigenvalue weighted by atomic mass is 9.89. The van der Waals surface area contributed by atoms with Gasteiger partial charge in [-0.15, -0.1) is 0 Å². The highest BCUT2D eigenvalue weighted by Gasteiger charge is 2.26. The first-order valence-corrected chi connectivity index (χ1v) is 8.20. The van der Waals surface area contributed by atoms with E-state index in [2.05, 4.69) is 10.4 Å². The van der Waals surface area contributed by atoms with Crippen molar-refractivity contribution in [2.24, 2.45) is 5.92 Å². The molecule has 1 aromatic heterocycles. The maximum absolute atomic E-state index is 11.9. The highest BCUT2D eigenvalue weighted by molar-refractivity contribution is 5.91. The molecule has 2 rings (SSSR count). The molecule has 1 amide bonds. The third-order valence-electron chi connectivity index (χ3n) is 4.34. The van der Waals surface area contributed by atoms with Gasteiger partial charge in [0.25, 0.3) is 0 Å². The molecule has 0 radical (unpaired) electrons. The van der Waals surface area contributed by atoms with Crippen molar-refractivity contribution in [3.05, 3.63) is 54.4 Å². The number of aliphatic hydroxyl groups is 1. The van der Waals surface area contributed by atoms with E-state index in [0.717, 1.165) is 17.7 Å². The number of rotatable bonds is 7. The zero-order valence-corrected chi connectivity index (χ0v) is 14.4. The minimum Gasteiger partial charge on any atom is -0.388 e. The number of carbonyl (C=O) groups excluding carboxylic acids is 1. The summed E-state index contributed by atoms with van der Waals surface area (Å²) in [6, 6.07) is 9.77. The molecule has 0 saturated heterocycles. The lowest BCUT2D eigenvalue weighted by molar-refractivity contribution is -0.118. The molecule has 1 aromatic carbocycles. The molecule has 1 heterocycles. The maximum Gasteiger partial charge on any atom is 0.244 e. The van der Waals surface area contributed by atoms with E-state index in [1.807, 2.05) is 50.4 Å². The number of nitrogens with one attached hydrogen (secondary N) is 1. The Morgan fingerprint density at radius 1 is 1.42 bits per heavy atom. The van der Waals surface area contributed by atoms with Crippen LogP contribution in [0.4, 0.5) is 0 Å². The van der Waals surface area contributed by atoms with Gasteiger partial charge in [-0.3, -0.25) is 4.79 Å². The summed E-state index contributed by atoms with van der Waals surface area (Å²) in [5.74, 6) is -0.114. The lowest BCUT2D eigenvalue weighted by Gasteiger charge is -2.29. The molecule has 0 aliphatic carbocycles. The molecule has 0 aliphatic rings. The fraction of sp³-hybridized carbons (Fsp3) is 0.368. The molecule has 2 N–H and O–H groups in total. The molecule has 0 fully saturated rings. The highest BCUT2D eigenvalue weighted by Crippen LogP contribution is 2.18. The first-order chi connectivity index (χ1) is 11.4. The van der Waals surface area contributed by atoms with Crippen LogP contribution in [0.2, 0.25) is 0 Å². The Morgan fingerprint density at radius 3 is 2.79 bits per heavy atom. The molecule has 5 nitrogen and oxygen atoms in total. The molecule has 24 heavy (non-hydrogen) atoms. The van der Waals surface area contributed by atoms with Gasteiger partial charge < -0.3 is 10.4 Å². The number of nitrogens with zero attached hydrogens (tertiary/aromatic N) is 2. The van der Waals surface area contributed by atoms with Gasteiger partial charge in [0.2, 0.25) is 5.91 Å². The van der Waals surface area contributed by atoms with Crippen LogP contribution >= 0.6 is 0 Å². The summed E-state index contributed by atoms with van der Waals surface area (Å²) in [5.41, 5.74) is 0.894. The minimum absolute atomic E-state index is 0.117. The topological polar surface area (TPSA) is 67.2 Å². The van der Waals surface area contributed by atoms with E-state index in [4.69, 9.17) is 0 Å². The van der Waals surface area contributed by atoms with Gasteiger partial charge in [0.1, 0.15) is 0 Å². The van der Waals surface area contributed by atoms with Gasteiger partial charge in [0.15, 0.2) is 0 Å². The van der Waals surface area contributed by atoms with Crippen LogP contribution < -0.4 is 5.32 Å². The SMILES string of the molecule is CCC(C)C(C)(O)CNC(=O)C=Cc1cnn(-c2ccccc2)c1. The summed E-state index contributed by atoms with van der Waals surface area (Å²) in [5, 5.41) is 17.3. The summed E-state index contributed by atoms with van der Waals surface area (Å²) >= 11 is 0. The number of hydrogen-bond acceptors (Lipinski definition) is 3. The Balaban J connectivity index is 1.92. The van der Waals surface area contributed by atoms with Gasteiger partial charge in [0.05, 0.1) is 17.5 Å². The van der Waals surface area contributed by atoms with E-state index in [1.54, 1.807) is 23.9 Å². The monoisotopic (exact) mass is 327 g/mol. The smallest absolute Gasteiger partial charge is 0.244 e. The van der Waals surface area contributed by atoms with Gasteiger partial charge in [-0.2, -0.15) is 5.10 Å². The van der Waals surface area contributed by atoms with Crippen molar-refractivity contribution in [2.75, 3.05) is 6.54 Å². The van der Waals surface area contributed by atoms with E-state index in [1.165, 1.54) is 6.08 Å². The van der Waals surface area contributed by atoms with E-state index in [-0.39, 0.29) is 18.4 Å². The van der Waals surface area contributed by atoms with Gasteiger partial charge in [-0.1, -0.05) is 38.5 Å². The molecule has 0 spiro atoms. The molecule has 2 atom stereocenters. The van der Waals surface area contributed by atoms with Crippen molar-refractivity contribution < 1.29 is 9.90 Å². The van der Waals surface area contributed by atoms with Crippen LogP contribution in [0.1, 0.15) is 32.8 Å². The summed E-state index contributed by atoms with van der Waals surface area (Å²) in [6.45, 7) is 5.97. The second-order valence-corrected chi connectivity index (χ2v) is 6.27. The summed E-state index contributed by atoms with van der Waals surface area (Å²) in [6.07, 6.45) is 7.58. The first kappa shape index (κ1) is 17.9. The van der Waals surface area contributed by atoms with Crippen LogP contribution in [0.5, 0.6) is 0 Å². The predicted octanol–water partition coefficient (Wildman–Crippen LogP) is 2.80. The molecular formula is C19H25N3O2. The predicted molar refractivity (Wildman–Crippen MR) is 95.7 cm³/mol. The van der Waals surface area contributed by atoms with Crippen molar-refractivity contribution >= 4 is 12.0 Å². The van der Waals surface area contributed by atoms with Crippen molar-refractivity contribution in [3.8, 4) is 5.69 Å². The first-order valence-electron chi connectivity index (χ1n) is 8.20. The maximum atomic E-state index is 11.9. The summed E-state index contributed by atoms with van der Waals surface area (Å²) in [7, 11) is 0. The molecule has 2 aromatic rings. The van der Waals surface area contributed by atoms with E-state index in [9.17, 15) is 9.90 Å². The zero-order valence-electron chi connectivity index (χ0n) is 14.4. The highest BCUT2D eigenvalue weighted by atomic mass is 16.3. The van der Waals surface area contributed by atoms with Crippen LogP contribution in [0.25, 0.3) is 11.8 Å². The van der Waals surface area contributed by atoms with Gasteiger partial charge >= 0.3 is 0 Å². The summed E-state index contributed by atoms with van der Waals surface area (Å²) in [4.78, 5) is 11.9. The van der Waals surface area contributed by atoms with Crippen molar-refractivity contribution in [3.63, 3.8) is 0 Å². The second kappa shape index (κ2) is 7.93. The number of para-hydroxylation sites is 1. The number of carbonyl (C=O) groups is 1. The third kappa shape index (κ3) is 4.80. The Hall–Kier alpha value is -2.40. The average molecular weight is 327 g/mol. The Labute approximate surface area is 143 Å². The largest absolute Gasteiger partial charge is 0.388 e. The summed E-state index contributed by atoms with van der Waals surface area (Å²) < 4.78 is 1.76. The minimum atomic E-state index is -0.906. The normalized spacial score (nSPS) is 15.2. The average Bonchev–Trinajstić information content (AvgIpc) is 3.07. The van der Waals surface area contributed by atoms with E-state index >= 15 is 0 Å². The van der Waals surface area contributed by atoms with Gasteiger partial charge in [-0.05, 0) is 31.1 Å². The van der Waals surface area contributed by atoms with Crippen molar-refractivity contribution in [1.82, 2.24) is 15.1 Å². The third-order valence-corrected chi connectivity index (χ3v) is 4.34. The fourth-order valence-electron chi connectivity index (χ4n) is 2.26. The molecule has 0 saturated carbocycles. The number of hydrogen-bond donors (Lipinski definition) is 2. The fourth-order valence-corrected chi connectivity index (χ4v) is 2.26. The molecule has 2 unspecified atom stereocenters. The van der Waals surface area contributed by atoms with E-state index < -0.39 is 5.60 Å². The number of benzene rings is 1. The molecule has 0 bridgehead atoms. The van der Waals surface area contributed by atoms with Crippen LogP contribution in [-0.4, -0.2) is 32.9 Å². The van der Waals surface area contributed by atoms with Gasteiger partial charge in [-0.25, -0.2) is 4.68 Å². The van der Waals surface area contributed by atoms with Crippen molar-refractivity contribution in [1.29, 1.82) is 0 Å². The Bertz CT molecular complexity index is 690. The Morgan fingerprint density at radius 2 is 2.12 bits per heavy atom.